The van der Waals surface area contributed by atoms with E-state index in [1.807, 2.05) is 14.0 Å². The van der Waals surface area contributed by atoms with E-state index in [0.717, 1.165) is 32.1 Å². The van der Waals surface area contributed by atoms with Crippen molar-refractivity contribution in [1.29, 1.82) is 0 Å². The van der Waals surface area contributed by atoms with Gasteiger partial charge in [0, 0.05) is 32.7 Å². The van der Waals surface area contributed by atoms with Crippen LogP contribution >= 0.6 is 24.0 Å². The summed E-state index contributed by atoms with van der Waals surface area (Å²) in [5, 5.41) is 6.45. The van der Waals surface area contributed by atoms with Gasteiger partial charge in [-0.2, -0.15) is 0 Å². The standard InChI is InChI=1S/C18H35N5O2.HI/c1-5-22(6-2)15-10-11-23(13-15)17(19-4)20-12-16(14-8-9-14)21-18(24)25-7-3;/h14-16H,5-13H2,1-4H3,(H,19,20)(H,21,24);1H. The first-order chi connectivity index (χ1) is 12.1. The van der Waals surface area contributed by atoms with Crippen molar-refractivity contribution in [2.75, 3.05) is 46.4 Å². The number of nitrogens with one attached hydrogen (secondary N) is 2. The quantitative estimate of drug-likeness (QED) is 0.316. The fourth-order valence-corrected chi connectivity index (χ4v) is 3.66. The fraction of sp³-hybridized carbons (Fsp3) is 0.889. The summed E-state index contributed by atoms with van der Waals surface area (Å²) in [6, 6.07) is 0.711. The van der Waals surface area contributed by atoms with Crippen LogP contribution in [0.5, 0.6) is 0 Å². The summed E-state index contributed by atoms with van der Waals surface area (Å²) in [5.74, 6) is 1.49. The molecule has 2 aliphatic rings. The Bertz CT molecular complexity index is 455. The van der Waals surface area contributed by atoms with Gasteiger partial charge >= 0.3 is 6.09 Å². The van der Waals surface area contributed by atoms with Crippen molar-refractivity contribution in [1.82, 2.24) is 20.4 Å². The number of nitrogens with zero attached hydrogens (tertiary/aromatic N) is 3. The predicted molar refractivity (Wildman–Crippen MR) is 116 cm³/mol. The van der Waals surface area contributed by atoms with Crippen molar-refractivity contribution in [3.63, 3.8) is 0 Å². The molecule has 1 amide bonds. The van der Waals surface area contributed by atoms with Crippen molar-refractivity contribution in [3.05, 3.63) is 0 Å². The molecular weight excluding hydrogens is 445 g/mol. The number of guanidine groups is 1. The molecule has 1 aliphatic heterocycles. The first-order valence-electron chi connectivity index (χ1n) is 9.75. The van der Waals surface area contributed by atoms with Gasteiger partial charge in [0.1, 0.15) is 0 Å². The number of ether oxygens (including phenoxy) is 1. The Morgan fingerprint density at radius 3 is 2.50 bits per heavy atom. The lowest BCUT2D eigenvalue weighted by Crippen LogP contribution is -2.49. The van der Waals surface area contributed by atoms with Crippen molar-refractivity contribution in [2.45, 2.75) is 52.1 Å². The van der Waals surface area contributed by atoms with Crippen LogP contribution in [0.2, 0.25) is 0 Å². The van der Waals surface area contributed by atoms with Crippen molar-refractivity contribution >= 4 is 36.0 Å². The summed E-state index contributed by atoms with van der Waals surface area (Å²) in [6.45, 7) is 11.6. The third-order valence-electron chi connectivity index (χ3n) is 5.25. The summed E-state index contributed by atoms with van der Waals surface area (Å²) >= 11 is 0. The summed E-state index contributed by atoms with van der Waals surface area (Å²) in [6.07, 6.45) is 3.20. The third kappa shape index (κ3) is 6.75. The molecule has 1 aliphatic carbocycles. The molecule has 152 valence electrons. The number of rotatable bonds is 8. The lowest BCUT2D eigenvalue weighted by atomic mass is 10.2. The highest BCUT2D eigenvalue weighted by atomic mass is 127. The number of likely N-dealkylation sites (tertiary alicyclic amines) is 1. The highest BCUT2D eigenvalue weighted by molar-refractivity contribution is 14.0. The van der Waals surface area contributed by atoms with Crippen LogP contribution in [0, 0.1) is 5.92 Å². The third-order valence-corrected chi connectivity index (χ3v) is 5.25. The number of likely N-dealkylation sites (N-methyl/N-ethyl adjacent to an activating group) is 1. The first-order valence-corrected chi connectivity index (χ1v) is 9.75. The zero-order valence-corrected chi connectivity index (χ0v) is 19.0. The second kappa shape index (κ2) is 11.8. The first kappa shape index (κ1) is 23.3. The Morgan fingerprint density at radius 1 is 1.27 bits per heavy atom. The van der Waals surface area contributed by atoms with Crippen LogP contribution < -0.4 is 10.6 Å². The van der Waals surface area contributed by atoms with Gasteiger partial charge in [-0.3, -0.25) is 9.89 Å². The van der Waals surface area contributed by atoms with Gasteiger partial charge in [0.05, 0.1) is 12.6 Å². The lowest BCUT2D eigenvalue weighted by molar-refractivity contribution is 0.146. The number of alkyl carbamates (subject to hydrolysis) is 1. The van der Waals surface area contributed by atoms with Gasteiger partial charge in [-0.1, -0.05) is 13.8 Å². The molecular formula is C18H36IN5O2. The Kier molecular flexibility index (Phi) is 10.6. The van der Waals surface area contributed by atoms with Gasteiger partial charge in [-0.25, -0.2) is 4.79 Å². The van der Waals surface area contributed by atoms with Crippen LogP contribution in [0.1, 0.15) is 40.0 Å². The number of halogens is 1. The molecule has 2 fully saturated rings. The van der Waals surface area contributed by atoms with E-state index in [-0.39, 0.29) is 36.1 Å². The molecule has 1 saturated carbocycles. The van der Waals surface area contributed by atoms with E-state index in [1.54, 1.807) is 0 Å². The summed E-state index contributed by atoms with van der Waals surface area (Å²) < 4.78 is 5.02. The van der Waals surface area contributed by atoms with Crippen molar-refractivity contribution in [3.8, 4) is 0 Å². The Labute approximate surface area is 175 Å². The van der Waals surface area contributed by atoms with Gasteiger partial charge < -0.3 is 20.3 Å². The smallest absolute Gasteiger partial charge is 0.407 e. The van der Waals surface area contributed by atoms with Gasteiger partial charge in [0.15, 0.2) is 5.96 Å². The minimum atomic E-state index is -0.320. The van der Waals surface area contributed by atoms with E-state index in [1.165, 1.54) is 19.3 Å². The van der Waals surface area contributed by atoms with Gasteiger partial charge in [-0.05, 0) is 45.2 Å². The summed E-state index contributed by atoms with van der Waals surface area (Å²) in [7, 11) is 1.83. The topological polar surface area (TPSA) is 69.2 Å². The molecule has 2 unspecified atom stereocenters. The molecule has 0 aromatic rings. The minimum Gasteiger partial charge on any atom is -0.450 e. The van der Waals surface area contributed by atoms with Crippen LogP contribution in [0.4, 0.5) is 4.79 Å². The number of carbonyl (C=O) groups is 1. The molecule has 0 bridgehead atoms. The molecule has 2 atom stereocenters. The fourth-order valence-electron chi connectivity index (χ4n) is 3.66. The normalized spacial score (nSPS) is 21.3. The lowest BCUT2D eigenvalue weighted by Gasteiger charge is -2.28. The largest absolute Gasteiger partial charge is 0.450 e. The van der Waals surface area contributed by atoms with Crippen molar-refractivity contribution < 1.29 is 9.53 Å². The Balaban J connectivity index is 0.00000338. The predicted octanol–water partition coefficient (Wildman–Crippen LogP) is 2.12. The molecule has 1 heterocycles. The molecule has 0 aromatic carbocycles. The van der Waals surface area contributed by atoms with Crippen LogP contribution in [-0.4, -0.2) is 80.3 Å². The molecule has 2 rings (SSSR count). The number of amides is 1. The molecule has 0 radical (unpaired) electrons. The number of carbonyl (C=O) groups excluding carboxylic acids is 1. The molecule has 26 heavy (non-hydrogen) atoms. The SMILES string of the molecule is CCOC(=O)NC(CNC(=NC)N1CCC(N(CC)CC)C1)C1CC1.I. The monoisotopic (exact) mass is 481 g/mol. The maximum atomic E-state index is 11.7. The summed E-state index contributed by atoms with van der Waals surface area (Å²) in [4.78, 5) is 21.0. The molecule has 8 heteroatoms. The average Bonchev–Trinajstić information content (AvgIpc) is 3.35. The van der Waals surface area contributed by atoms with E-state index in [0.29, 0.717) is 25.1 Å². The second-order valence-electron chi connectivity index (χ2n) is 6.85. The van der Waals surface area contributed by atoms with E-state index >= 15 is 0 Å². The Morgan fingerprint density at radius 2 is 1.96 bits per heavy atom. The molecule has 2 N–H and O–H groups in total. The van der Waals surface area contributed by atoms with Gasteiger partial charge in [-0.15, -0.1) is 24.0 Å². The van der Waals surface area contributed by atoms with Crippen LogP contribution in [-0.2, 0) is 4.74 Å². The number of aliphatic imine (C=N–C) groups is 1. The molecule has 7 nitrogen and oxygen atoms in total. The van der Waals surface area contributed by atoms with E-state index < -0.39 is 0 Å². The van der Waals surface area contributed by atoms with Gasteiger partial charge in [0.25, 0.3) is 0 Å². The second-order valence-corrected chi connectivity index (χ2v) is 6.85. The Hall–Kier alpha value is -0.770. The highest BCUT2D eigenvalue weighted by Gasteiger charge is 2.33. The summed E-state index contributed by atoms with van der Waals surface area (Å²) in [5.41, 5.74) is 0. The van der Waals surface area contributed by atoms with Crippen LogP contribution in [0.3, 0.4) is 0 Å². The maximum Gasteiger partial charge on any atom is 0.407 e. The van der Waals surface area contributed by atoms with Crippen LogP contribution in [0.15, 0.2) is 4.99 Å². The van der Waals surface area contributed by atoms with E-state index in [4.69, 9.17) is 4.74 Å². The number of hydrogen-bond donors (Lipinski definition) is 2. The number of hydrogen-bond acceptors (Lipinski definition) is 4. The zero-order valence-electron chi connectivity index (χ0n) is 16.7. The minimum absolute atomic E-state index is 0. The van der Waals surface area contributed by atoms with Crippen LogP contribution in [0.25, 0.3) is 0 Å². The highest BCUT2D eigenvalue weighted by Crippen LogP contribution is 2.32. The molecule has 1 saturated heterocycles. The van der Waals surface area contributed by atoms with E-state index in [9.17, 15) is 4.79 Å². The zero-order chi connectivity index (χ0) is 18.2. The van der Waals surface area contributed by atoms with Crippen molar-refractivity contribution in [2.24, 2.45) is 10.9 Å². The molecule has 0 spiro atoms. The van der Waals surface area contributed by atoms with E-state index in [2.05, 4.69) is 39.3 Å². The maximum absolute atomic E-state index is 11.7. The van der Waals surface area contributed by atoms with Gasteiger partial charge in [0.2, 0.25) is 0 Å². The molecule has 0 aromatic heterocycles. The average molecular weight is 481 g/mol.